The number of H-pyrrole nitrogens is 2. The molecule has 33 heavy (non-hydrogen) atoms. The predicted molar refractivity (Wildman–Crippen MR) is 118 cm³/mol. The predicted octanol–water partition coefficient (Wildman–Crippen LogP) is 0.956. The van der Waals surface area contributed by atoms with Crippen molar-refractivity contribution in [2.45, 2.75) is 79.7 Å². The molecule has 2 aromatic rings. The second-order valence-corrected chi connectivity index (χ2v) is 8.73. The third-order valence-corrected chi connectivity index (χ3v) is 5.08. The van der Waals surface area contributed by atoms with Crippen LogP contribution in [-0.4, -0.2) is 88.2 Å². The van der Waals surface area contributed by atoms with E-state index in [0.717, 1.165) is 0 Å². The Morgan fingerprint density at radius 3 is 1.45 bits per heavy atom. The Hall–Kier alpha value is -2.96. The summed E-state index contributed by atoms with van der Waals surface area (Å²) in [7, 11) is 0. The molecule has 0 radical (unpaired) electrons. The summed E-state index contributed by atoms with van der Waals surface area (Å²) in [6, 6.07) is 0. The van der Waals surface area contributed by atoms with Crippen molar-refractivity contribution in [1.29, 1.82) is 0 Å². The van der Waals surface area contributed by atoms with Crippen LogP contribution >= 0.6 is 0 Å². The molecule has 184 valence electrons. The molecule has 2 rings (SSSR count). The van der Waals surface area contributed by atoms with Gasteiger partial charge in [-0.2, -0.15) is 10.4 Å². The van der Waals surface area contributed by atoms with Gasteiger partial charge in [0, 0.05) is 13.1 Å². The zero-order valence-corrected chi connectivity index (χ0v) is 20.4. The summed E-state index contributed by atoms with van der Waals surface area (Å²) in [6.45, 7) is 13.2. The quantitative estimate of drug-likeness (QED) is 0.415. The average Bonchev–Trinajstić information content (AvgIpc) is 3.47. The molecule has 2 atom stereocenters. The molecule has 0 aliphatic rings. The molecule has 2 aromatic heterocycles. The maximum absolute atomic E-state index is 13.4. The van der Waals surface area contributed by atoms with Gasteiger partial charge < -0.3 is 14.5 Å². The van der Waals surface area contributed by atoms with E-state index in [2.05, 4.69) is 41.2 Å². The summed E-state index contributed by atoms with van der Waals surface area (Å²) < 4.78 is 6.29. The lowest BCUT2D eigenvalue weighted by atomic mass is 10.0. The SMILES string of the molecule is CCN(Cc1nn[nH]n1)C(=O)[C@H](CC(C)C)O[C@@H](CC(C)C)C(=O)N(CC)Cc1nn[nH]n1. The van der Waals surface area contributed by atoms with Gasteiger partial charge in [0.25, 0.3) is 11.8 Å². The number of carbonyl (C=O) groups excluding carboxylic acids is 2. The van der Waals surface area contributed by atoms with Crippen LogP contribution in [0.5, 0.6) is 0 Å². The van der Waals surface area contributed by atoms with Crippen molar-refractivity contribution in [2.24, 2.45) is 11.8 Å². The Morgan fingerprint density at radius 2 is 1.18 bits per heavy atom. The van der Waals surface area contributed by atoms with Gasteiger partial charge in [-0.25, -0.2) is 0 Å². The Balaban J connectivity index is 2.21. The van der Waals surface area contributed by atoms with Gasteiger partial charge in [0.15, 0.2) is 11.6 Å². The zero-order chi connectivity index (χ0) is 24.4. The third-order valence-electron chi connectivity index (χ3n) is 5.08. The molecule has 0 saturated carbocycles. The van der Waals surface area contributed by atoms with Crippen molar-refractivity contribution in [1.82, 2.24) is 51.0 Å². The van der Waals surface area contributed by atoms with Gasteiger partial charge in [-0.05, 0) is 38.5 Å². The number of likely N-dealkylation sites (N-methyl/N-ethyl adjacent to an activating group) is 2. The van der Waals surface area contributed by atoms with E-state index in [9.17, 15) is 9.59 Å². The molecule has 13 heteroatoms. The van der Waals surface area contributed by atoms with E-state index in [1.165, 1.54) is 0 Å². The number of aromatic nitrogens is 8. The van der Waals surface area contributed by atoms with Gasteiger partial charge in [0.1, 0.15) is 12.2 Å². The van der Waals surface area contributed by atoms with E-state index < -0.39 is 12.2 Å². The smallest absolute Gasteiger partial charge is 0.252 e. The number of ether oxygens (including phenoxy) is 1. The molecule has 13 nitrogen and oxygen atoms in total. The molecule has 0 fully saturated rings. The number of nitrogens with one attached hydrogen (secondary N) is 2. The Bertz CT molecular complexity index is 757. The molecule has 0 unspecified atom stereocenters. The number of hydrogen-bond donors (Lipinski definition) is 2. The van der Waals surface area contributed by atoms with Crippen LogP contribution in [0, 0.1) is 11.8 Å². The Kier molecular flexibility index (Phi) is 10.3. The van der Waals surface area contributed by atoms with E-state index >= 15 is 0 Å². The van der Waals surface area contributed by atoms with Gasteiger partial charge in [0.2, 0.25) is 0 Å². The fraction of sp³-hybridized carbons (Fsp3) is 0.800. The van der Waals surface area contributed by atoms with Crippen LogP contribution in [0.15, 0.2) is 0 Å². The number of tetrazole rings is 2. The first-order valence-corrected chi connectivity index (χ1v) is 11.4. The van der Waals surface area contributed by atoms with Gasteiger partial charge in [0.05, 0.1) is 13.1 Å². The van der Waals surface area contributed by atoms with Gasteiger partial charge in [-0.15, -0.1) is 20.4 Å². The number of rotatable bonds is 14. The summed E-state index contributed by atoms with van der Waals surface area (Å²) in [5.41, 5.74) is 0. The summed E-state index contributed by atoms with van der Waals surface area (Å²) in [6.07, 6.45) is -0.567. The summed E-state index contributed by atoms with van der Waals surface area (Å²) in [5, 5.41) is 27.7. The third kappa shape index (κ3) is 8.15. The standard InChI is InChI=1S/C20H36N10O3/c1-7-29(11-17-21-25-26-22-17)19(31)15(9-13(3)4)33-16(10-14(5)6)20(32)30(8-2)12-18-23-27-28-24-18/h13-16H,7-12H2,1-6H3,(H,21,22,25,26)(H,23,24,27,28)/t15-,16-/m0/s1. The van der Waals surface area contributed by atoms with Crippen LogP contribution < -0.4 is 0 Å². The number of nitrogens with zero attached hydrogens (tertiary/aromatic N) is 8. The Morgan fingerprint density at radius 1 is 0.788 bits per heavy atom. The maximum Gasteiger partial charge on any atom is 0.252 e. The molecule has 2 amide bonds. The van der Waals surface area contributed by atoms with Gasteiger partial charge >= 0.3 is 0 Å². The lowest BCUT2D eigenvalue weighted by Gasteiger charge is -2.32. The molecule has 0 bridgehead atoms. The van der Waals surface area contributed by atoms with Crippen LogP contribution in [0.1, 0.15) is 66.0 Å². The highest BCUT2D eigenvalue weighted by Crippen LogP contribution is 2.20. The molecule has 0 saturated heterocycles. The number of carbonyl (C=O) groups is 2. The van der Waals surface area contributed by atoms with Crippen molar-refractivity contribution in [3.63, 3.8) is 0 Å². The Labute approximate surface area is 194 Å². The average molecular weight is 465 g/mol. The fourth-order valence-electron chi connectivity index (χ4n) is 3.42. The van der Waals surface area contributed by atoms with Crippen molar-refractivity contribution in [3.8, 4) is 0 Å². The molecule has 0 aliphatic carbocycles. The minimum absolute atomic E-state index is 0.194. The number of amides is 2. The zero-order valence-electron chi connectivity index (χ0n) is 20.4. The molecule has 2 N–H and O–H groups in total. The lowest BCUT2D eigenvalue weighted by Crippen LogP contribution is -2.47. The molecular formula is C20H36N10O3. The van der Waals surface area contributed by atoms with E-state index in [4.69, 9.17) is 4.74 Å². The maximum atomic E-state index is 13.4. The highest BCUT2D eigenvalue weighted by atomic mass is 16.5. The van der Waals surface area contributed by atoms with E-state index in [-0.39, 0.29) is 36.7 Å². The minimum Gasteiger partial charge on any atom is -0.355 e. The first kappa shape index (κ1) is 26.3. The van der Waals surface area contributed by atoms with E-state index in [0.29, 0.717) is 37.6 Å². The fourth-order valence-corrected chi connectivity index (χ4v) is 3.42. The van der Waals surface area contributed by atoms with Gasteiger partial charge in [-0.1, -0.05) is 38.1 Å². The largest absolute Gasteiger partial charge is 0.355 e. The highest BCUT2D eigenvalue weighted by Gasteiger charge is 2.34. The molecule has 2 heterocycles. The van der Waals surface area contributed by atoms with Crippen LogP contribution in [0.4, 0.5) is 0 Å². The van der Waals surface area contributed by atoms with Gasteiger partial charge in [-0.3, -0.25) is 9.59 Å². The topological polar surface area (TPSA) is 159 Å². The number of hydrogen-bond acceptors (Lipinski definition) is 9. The normalized spacial score (nSPS) is 13.3. The number of aromatic amines is 2. The van der Waals surface area contributed by atoms with Crippen molar-refractivity contribution in [2.75, 3.05) is 13.1 Å². The first-order valence-electron chi connectivity index (χ1n) is 11.4. The molecular weight excluding hydrogens is 428 g/mol. The van der Waals surface area contributed by atoms with Crippen molar-refractivity contribution < 1.29 is 14.3 Å². The molecule has 0 aliphatic heterocycles. The van der Waals surface area contributed by atoms with Crippen LogP contribution in [0.25, 0.3) is 0 Å². The van der Waals surface area contributed by atoms with Crippen LogP contribution in [0.3, 0.4) is 0 Å². The second kappa shape index (κ2) is 12.9. The summed E-state index contributed by atoms with van der Waals surface area (Å²) >= 11 is 0. The van der Waals surface area contributed by atoms with Crippen LogP contribution in [-0.2, 0) is 27.4 Å². The van der Waals surface area contributed by atoms with E-state index in [1.807, 2.05) is 41.5 Å². The van der Waals surface area contributed by atoms with Crippen molar-refractivity contribution >= 4 is 11.8 Å². The van der Waals surface area contributed by atoms with E-state index in [1.54, 1.807) is 9.80 Å². The monoisotopic (exact) mass is 464 g/mol. The second-order valence-electron chi connectivity index (χ2n) is 8.73. The van der Waals surface area contributed by atoms with Crippen molar-refractivity contribution in [3.05, 3.63) is 11.6 Å². The van der Waals surface area contributed by atoms with Crippen LogP contribution in [0.2, 0.25) is 0 Å². The highest BCUT2D eigenvalue weighted by molar-refractivity contribution is 5.83. The summed E-state index contributed by atoms with van der Waals surface area (Å²) in [4.78, 5) is 30.1. The minimum atomic E-state index is -0.770. The molecule has 0 spiro atoms. The molecule has 0 aromatic carbocycles. The summed E-state index contributed by atoms with van der Waals surface area (Å²) in [5.74, 6) is 0.831. The first-order chi connectivity index (χ1) is 15.7. The lowest BCUT2D eigenvalue weighted by molar-refractivity contribution is -0.161.